The molecule has 5 nitrogen and oxygen atoms in total. The van der Waals surface area contributed by atoms with E-state index in [1.807, 2.05) is 19.9 Å². The first kappa shape index (κ1) is 14.5. The molecule has 5 heteroatoms. The Hall–Kier alpha value is -1.52. The molecule has 0 rings (SSSR count). The van der Waals surface area contributed by atoms with Crippen molar-refractivity contribution in [3.63, 3.8) is 0 Å². The maximum Gasteiger partial charge on any atom is 0.323 e. The highest BCUT2D eigenvalue weighted by Gasteiger charge is 2.18. The molecule has 0 saturated heterocycles. The summed E-state index contributed by atoms with van der Waals surface area (Å²) in [6.45, 7) is 7.57. The second-order valence-corrected chi connectivity index (χ2v) is 4.08. The molecule has 0 aromatic heterocycles. The molecule has 0 aliphatic carbocycles. The van der Waals surface area contributed by atoms with Crippen molar-refractivity contribution >= 4 is 12.0 Å². The number of hydrogen-bond acceptors (Lipinski definition) is 2. The van der Waals surface area contributed by atoms with Gasteiger partial charge in [0.25, 0.3) is 0 Å². The molecular weight excluding hydrogens is 208 g/mol. The van der Waals surface area contributed by atoms with Crippen LogP contribution < -0.4 is 5.32 Å². The third kappa shape index (κ3) is 6.06. The van der Waals surface area contributed by atoms with Gasteiger partial charge in [0, 0.05) is 12.6 Å². The maximum absolute atomic E-state index is 11.6. The van der Waals surface area contributed by atoms with E-state index in [4.69, 9.17) is 5.11 Å². The molecule has 0 saturated carbocycles. The standard InChI is InChI=1S/C11H20N2O3/c1-8(2)5-6-12-11(16)13(9(3)4)7-10(14)15/h5,9H,6-7H2,1-4H3,(H,12,16)(H,14,15). The molecule has 0 radical (unpaired) electrons. The minimum atomic E-state index is -1.01. The highest BCUT2D eigenvalue weighted by Crippen LogP contribution is 1.98. The lowest BCUT2D eigenvalue weighted by molar-refractivity contribution is -0.138. The number of nitrogens with zero attached hydrogens (tertiary/aromatic N) is 1. The number of amides is 2. The van der Waals surface area contributed by atoms with Gasteiger partial charge in [0.1, 0.15) is 6.54 Å². The zero-order chi connectivity index (χ0) is 12.7. The minimum Gasteiger partial charge on any atom is -0.480 e. The first-order valence-corrected chi connectivity index (χ1v) is 5.24. The Morgan fingerprint density at radius 1 is 1.38 bits per heavy atom. The number of carbonyl (C=O) groups is 2. The van der Waals surface area contributed by atoms with Crippen LogP contribution in [-0.4, -0.2) is 41.1 Å². The smallest absolute Gasteiger partial charge is 0.323 e. The maximum atomic E-state index is 11.6. The fraction of sp³-hybridized carbons (Fsp3) is 0.636. The second-order valence-electron chi connectivity index (χ2n) is 4.08. The van der Waals surface area contributed by atoms with Crippen molar-refractivity contribution in [2.24, 2.45) is 0 Å². The van der Waals surface area contributed by atoms with Crippen LogP contribution in [0.25, 0.3) is 0 Å². The van der Waals surface area contributed by atoms with Gasteiger partial charge in [0.2, 0.25) is 0 Å². The van der Waals surface area contributed by atoms with Crippen LogP contribution in [-0.2, 0) is 4.79 Å². The quantitative estimate of drug-likeness (QED) is 0.700. The second kappa shape index (κ2) is 6.87. The van der Waals surface area contributed by atoms with Crippen molar-refractivity contribution < 1.29 is 14.7 Å². The Bertz CT molecular complexity index is 281. The van der Waals surface area contributed by atoms with E-state index in [0.29, 0.717) is 6.54 Å². The predicted molar refractivity (Wildman–Crippen MR) is 62.3 cm³/mol. The summed E-state index contributed by atoms with van der Waals surface area (Å²) >= 11 is 0. The molecule has 2 N–H and O–H groups in total. The van der Waals surface area contributed by atoms with Gasteiger partial charge >= 0.3 is 12.0 Å². The van der Waals surface area contributed by atoms with E-state index in [1.165, 1.54) is 4.90 Å². The summed E-state index contributed by atoms with van der Waals surface area (Å²) in [7, 11) is 0. The van der Waals surface area contributed by atoms with Gasteiger partial charge in [-0.1, -0.05) is 11.6 Å². The van der Waals surface area contributed by atoms with Crippen LogP contribution in [0.5, 0.6) is 0 Å². The summed E-state index contributed by atoms with van der Waals surface area (Å²) < 4.78 is 0. The summed E-state index contributed by atoms with van der Waals surface area (Å²) in [6.07, 6.45) is 1.87. The zero-order valence-corrected chi connectivity index (χ0v) is 10.3. The summed E-state index contributed by atoms with van der Waals surface area (Å²) in [5.74, 6) is -1.01. The molecule has 92 valence electrons. The first-order valence-electron chi connectivity index (χ1n) is 5.24. The number of aliphatic carboxylic acids is 1. The monoisotopic (exact) mass is 228 g/mol. The Kier molecular flexibility index (Phi) is 6.22. The molecule has 0 heterocycles. The number of allylic oxidation sites excluding steroid dienone is 1. The number of carbonyl (C=O) groups excluding carboxylic acids is 1. The zero-order valence-electron chi connectivity index (χ0n) is 10.3. The van der Waals surface area contributed by atoms with Gasteiger partial charge in [-0.2, -0.15) is 0 Å². The normalized spacial score (nSPS) is 9.81. The van der Waals surface area contributed by atoms with Crippen LogP contribution in [0, 0.1) is 0 Å². The van der Waals surface area contributed by atoms with Crippen LogP contribution in [0.1, 0.15) is 27.7 Å². The molecule has 2 amide bonds. The number of rotatable bonds is 5. The molecule has 0 atom stereocenters. The number of nitrogens with one attached hydrogen (secondary N) is 1. The van der Waals surface area contributed by atoms with Gasteiger partial charge in [-0.3, -0.25) is 4.79 Å². The van der Waals surface area contributed by atoms with Crippen LogP contribution in [0.2, 0.25) is 0 Å². The molecule has 0 aliphatic heterocycles. The summed E-state index contributed by atoms with van der Waals surface area (Å²) in [5, 5.41) is 11.3. The van der Waals surface area contributed by atoms with Gasteiger partial charge in [0.15, 0.2) is 0 Å². The summed E-state index contributed by atoms with van der Waals surface area (Å²) in [6, 6.07) is -0.488. The molecule has 0 aromatic carbocycles. The van der Waals surface area contributed by atoms with Crippen LogP contribution in [0.4, 0.5) is 4.79 Å². The fourth-order valence-corrected chi connectivity index (χ4v) is 1.08. The summed E-state index contributed by atoms with van der Waals surface area (Å²) in [5.41, 5.74) is 1.11. The highest BCUT2D eigenvalue weighted by molar-refractivity contribution is 5.80. The van der Waals surface area contributed by atoms with Crippen molar-refractivity contribution in [3.05, 3.63) is 11.6 Å². The average Bonchev–Trinajstić information content (AvgIpc) is 2.12. The van der Waals surface area contributed by atoms with Crippen LogP contribution in [0.3, 0.4) is 0 Å². The van der Waals surface area contributed by atoms with E-state index >= 15 is 0 Å². The lowest BCUT2D eigenvalue weighted by atomic mass is 10.3. The molecule has 0 spiro atoms. The highest BCUT2D eigenvalue weighted by atomic mass is 16.4. The molecule has 16 heavy (non-hydrogen) atoms. The molecular formula is C11H20N2O3. The van der Waals surface area contributed by atoms with E-state index in [9.17, 15) is 9.59 Å². The van der Waals surface area contributed by atoms with E-state index in [1.54, 1.807) is 13.8 Å². The SMILES string of the molecule is CC(C)=CCNC(=O)N(CC(=O)O)C(C)C. The Morgan fingerprint density at radius 2 is 1.94 bits per heavy atom. The number of carboxylic acid groups (broad SMARTS) is 1. The van der Waals surface area contributed by atoms with E-state index < -0.39 is 5.97 Å². The van der Waals surface area contributed by atoms with Gasteiger partial charge < -0.3 is 15.3 Å². The van der Waals surface area contributed by atoms with Crippen molar-refractivity contribution in [2.45, 2.75) is 33.7 Å². The topological polar surface area (TPSA) is 69.6 Å². The van der Waals surface area contributed by atoms with Crippen LogP contribution >= 0.6 is 0 Å². The van der Waals surface area contributed by atoms with Gasteiger partial charge in [-0.05, 0) is 27.7 Å². The van der Waals surface area contributed by atoms with Gasteiger partial charge in [-0.25, -0.2) is 4.79 Å². The fourth-order valence-electron chi connectivity index (χ4n) is 1.08. The van der Waals surface area contributed by atoms with E-state index in [-0.39, 0.29) is 18.6 Å². The first-order chi connectivity index (χ1) is 7.34. The molecule has 0 aromatic rings. The summed E-state index contributed by atoms with van der Waals surface area (Å²) in [4.78, 5) is 23.5. The lowest BCUT2D eigenvalue weighted by Crippen LogP contribution is -2.46. The van der Waals surface area contributed by atoms with Gasteiger partial charge in [0.05, 0.1) is 0 Å². The third-order valence-corrected chi connectivity index (χ3v) is 1.95. The predicted octanol–water partition coefficient (Wildman–Crippen LogP) is 1.46. The number of hydrogen-bond donors (Lipinski definition) is 2. The average molecular weight is 228 g/mol. The van der Waals surface area contributed by atoms with Crippen LogP contribution in [0.15, 0.2) is 11.6 Å². The van der Waals surface area contributed by atoms with Gasteiger partial charge in [-0.15, -0.1) is 0 Å². The molecule has 0 fully saturated rings. The van der Waals surface area contributed by atoms with E-state index in [0.717, 1.165) is 5.57 Å². The number of carboxylic acids is 1. The Morgan fingerprint density at radius 3 is 2.31 bits per heavy atom. The van der Waals surface area contributed by atoms with E-state index in [2.05, 4.69) is 5.32 Å². The van der Waals surface area contributed by atoms with Crippen molar-refractivity contribution in [1.82, 2.24) is 10.2 Å². The Labute approximate surface area is 96.1 Å². The molecule has 0 unspecified atom stereocenters. The molecule has 0 bridgehead atoms. The van der Waals surface area contributed by atoms with Crippen molar-refractivity contribution in [3.8, 4) is 0 Å². The van der Waals surface area contributed by atoms with Crippen molar-refractivity contribution in [1.29, 1.82) is 0 Å². The Balaban J connectivity index is 4.28. The lowest BCUT2D eigenvalue weighted by Gasteiger charge is -2.24. The third-order valence-electron chi connectivity index (χ3n) is 1.95. The van der Waals surface area contributed by atoms with Crippen molar-refractivity contribution in [2.75, 3.05) is 13.1 Å². The largest absolute Gasteiger partial charge is 0.480 e. The minimum absolute atomic E-state index is 0.136. The molecule has 0 aliphatic rings. The number of urea groups is 1.